The third kappa shape index (κ3) is 6.37. The van der Waals surface area contributed by atoms with Crippen LogP contribution in [0.5, 0.6) is 5.75 Å². The van der Waals surface area contributed by atoms with E-state index in [2.05, 4.69) is 5.32 Å². The van der Waals surface area contributed by atoms with Gasteiger partial charge in [-0.3, -0.25) is 4.79 Å². The van der Waals surface area contributed by atoms with Crippen molar-refractivity contribution in [3.63, 3.8) is 0 Å². The van der Waals surface area contributed by atoms with Gasteiger partial charge in [0, 0.05) is 10.8 Å². The molecule has 0 atom stereocenters. The molecule has 2 rings (SSSR count). The first-order valence-electron chi connectivity index (χ1n) is 7.21. The standard InChI is InChI=1S/C17H16ClF2NO2S/c18-13-2-1-12(16(20)9-13)10-24-11-17(22)21-7-8-23-15-5-3-14(19)4-6-15/h1-6,9H,7-8,10-11H2,(H,21,22). The van der Waals surface area contributed by atoms with Gasteiger partial charge in [0.15, 0.2) is 0 Å². The molecule has 128 valence electrons. The van der Waals surface area contributed by atoms with Gasteiger partial charge >= 0.3 is 0 Å². The average molecular weight is 372 g/mol. The van der Waals surface area contributed by atoms with Crippen molar-refractivity contribution < 1.29 is 18.3 Å². The van der Waals surface area contributed by atoms with Crippen molar-refractivity contribution in [2.75, 3.05) is 18.9 Å². The zero-order valence-corrected chi connectivity index (χ0v) is 14.3. The Bertz CT molecular complexity index is 683. The summed E-state index contributed by atoms with van der Waals surface area (Å²) in [5.41, 5.74) is 0.511. The first-order chi connectivity index (χ1) is 11.5. The fourth-order valence-electron chi connectivity index (χ4n) is 1.83. The minimum atomic E-state index is -0.372. The molecule has 7 heteroatoms. The fraction of sp³-hybridized carbons (Fsp3) is 0.235. The van der Waals surface area contributed by atoms with Crippen LogP contribution in [0.1, 0.15) is 5.56 Å². The number of rotatable bonds is 8. The quantitative estimate of drug-likeness (QED) is 0.711. The van der Waals surface area contributed by atoms with Crippen LogP contribution >= 0.6 is 23.4 Å². The molecule has 0 aliphatic carbocycles. The van der Waals surface area contributed by atoms with Gasteiger partial charge in [-0.25, -0.2) is 8.78 Å². The molecule has 0 spiro atoms. The van der Waals surface area contributed by atoms with Gasteiger partial charge in [-0.05, 0) is 42.0 Å². The maximum Gasteiger partial charge on any atom is 0.230 e. The molecule has 0 heterocycles. The van der Waals surface area contributed by atoms with Gasteiger partial charge in [-0.1, -0.05) is 17.7 Å². The summed E-state index contributed by atoms with van der Waals surface area (Å²) < 4.78 is 31.7. The molecule has 2 aromatic carbocycles. The van der Waals surface area contributed by atoms with Crippen LogP contribution < -0.4 is 10.1 Å². The van der Waals surface area contributed by atoms with Crippen molar-refractivity contribution >= 4 is 29.3 Å². The Labute approximate surface area is 148 Å². The molecule has 1 amide bonds. The molecule has 0 aromatic heterocycles. The second kappa shape index (κ2) is 9.49. The van der Waals surface area contributed by atoms with Gasteiger partial charge in [0.25, 0.3) is 0 Å². The lowest BCUT2D eigenvalue weighted by atomic mass is 10.2. The molecule has 0 radical (unpaired) electrons. The summed E-state index contributed by atoms with van der Waals surface area (Å²) in [6.45, 7) is 0.625. The number of carbonyl (C=O) groups excluding carboxylic acids is 1. The molecule has 2 aromatic rings. The second-order valence-electron chi connectivity index (χ2n) is 4.88. The highest BCUT2D eigenvalue weighted by atomic mass is 35.5. The van der Waals surface area contributed by atoms with E-state index < -0.39 is 0 Å². The molecule has 0 fully saturated rings. The highest BCUT2D eigenvalue weighted by molar-refractivity contribution is 7.99. The Hall–Kier alpha value is -1.79. The van der Waals surface area contributed by atoms with E-state index in [9.17, 15) is 13.6 Å². The average Bonchev–Trinajstić information content (AvgIpc) is 2.55. The lowest BCUT2D eigenvalue weighted by Crippen LogP contribution is -2.29. The summed E-state index contributed by atoms with van der Waals surface area (Å²) in [5, 5.41) is 3.05. The number of benzene rings is 2. The summed E-state index contributed by atoms with van der Waals surface area (Å²) in [5.74, 6) is 0.296. The molecule has 0 bridgehead atoms. The summed E-state index contributed by atoms with van der Waals surface area (Å²) in [7, 11) is 0. The van der Waals surface area contributed by atoms with Crippen LogP contribution in [0.2, 0.25) is 5.02 Å². The van der Waals surface area contributed by atoms with Crippen molar-refractivity contribution in [1.29, 1.82) is 0 Å². The van der Waals surface area contributed by atoms with Crippen molar-refractivity contribution in [3.8, 4) is 5.75 Å². The number of nitrogens with one attached hydrogen (secondary N) is 1. The van der Waals surface area contributed by atoms with E-state index in [1.807, 2.05) is 0 Å². The van der Waals surface area contributed by atoms with E-state index in [1.165, 1.54) is 42.1 Å². The van der Waals surface area contributed by atoms with Crippen LogP contribution in [-0.4, -0.2) is 24.8 Å². The van der Waals surface area contributed by atoms with Crippen LogP contribution in [-0.2, 0) is 10.5 Å². The number of thioether (sulfide) groups is 1. The van der Waals surface area contributed by atoms with Crippen LogP contribution in [0.3, 0.4) is 0 Å². The van der Waals surface area contributed by atoms with Crippen LogP contribution in [0.15, 0.2) is 42.5 Å². The largest absolute Gasteiger partial charge is 0.492 e. The highest BCUT2D eigenvalue weighted by Crippen LogP contribution is 2.19. The minimum absolute atomic E-state index is 0.155. The number of hydrogen-bond acceptors (Lipinski definition) is 3. The Balaban J connectivity index is 1.60. The van der Waals surface area contributed by atoms with E-state index in [0.29, 0.717) is 28.6 Å². The zero-order valence-electron chi connectivity index (χ0n) is 12.7. The molecule has 0 saturated carbocycles. The van der Waals surface area contributed by atoms with Crippen molar-refractivity contribution in [2.45, 2.75) is 5.75 Å². The number of ether oxygens (including phenoxy) is 1. The van der Waals surface area contributed by atoms with Gasteiger partial charge in [0.2, 0.25) is 5.91 Å². The molecular formula is C17H16ClF2NO2S. The monoisotopic (exact) mass is 371 g/mol. The summed E-state index contributed by atoms with van der Waals surface area (Å²) in [6, 6.07) is 10.1. The second-order valence-corrected chi connectivity index (χ2v) is 6.30. The molecule has 1 N–H and O–H groups in total. The SMILES string of the molecule is O=C(CSCc1ccc(Cl)cc1F)NCCOc1ccc(F)cc1. The Morgan fingerprint density at radius 3 is 2.62 bits per heavy atom. The number of hydrogen-bond donors (Lipinski definition) is 1. The molecule has 24 heavy (non-hydrogen) atoms. The predicted octanol–water partition coefficient (Wildman–Crippen LogP) is 4.05. The molecule has 0 aliphatic rings. The molecular weight excluding hydrogens is 356 g/mol. The molecule has 0 unspecified atom stereocenters. The topological polar surface area (TPSA) is 38.3 Å². The molecule has 0 saturated heterocycles. The zero-order chi connectivity index (χ0) is 17.4. The van der Waals surface area contributed by atoms with Gasteiger partial charge < -0.3 is 10.1 Å². The molecule has 3 nitrogen and oxygen atoms in total. The van der Waals surface area contributed by atoms with Gasteiger partial charge in [0.05, 0.1) is 12.3 Å². The normalized spacial score (nSPS) is 10.5. The predicted molar refractivity (Wildman–Crippen MR) is 92.5 cm³/mol. The summed E-state index contributed by atoms with van der Waals surface area (Å²) in [4.78, 5) is 11.7. The lowest BCUT2D eigenvalue weighted by molar-refractivity contribution is -0.118. The summed E-state index contributed by atoms with van der Waals surface area (Å²) >= 11 is 7.00. The van der Waals surface area contributed by atoms with E-state index in [0.717, 1.165) is 0 Å². The van der Waals surface area contributed by atoms with Crippen molar-refractivity contribution in [2.24, 2.45) is 0 Å². The Morgan fingerprint density at radius 2 is 1.92 bits per heavy atom. The third-order valence-corrected chi connectivity index (χ3v) is 4.23. The van der Waals surface area contributed by atoms with E-state index in [4.69, 9.17) is 16.3 Å². The van der Waals surface area contributed by atoms with E-state index in [1.54, 1.807) is 12.1 Å². The number of halogens is 3. The maximum absolute atomic E-state index is 13.6. The Morgan fingerprint density at radius 1 is 1.17 bits per heavy atom. The van der Waals surface area contributed by atoms with Gasteiger partial charge in [-0.15, -0.1) is 11.8 Å². The first kappa shape index (κ1) is 18.5. The minimum Gasteiger partial charge on any atom is -0.492 e. The first-order valence-corrected chi connectivity index (χ1v) is 8.74. The Kier molecular flexibility index (Phi) is 7.34. The van der Waals surface area contributed by atoms with Gasteiger partial charge in [-0.2, -0.15) is 0 Å². The summed E-state index contributed by atoms with van der Waals surface area (Å²) in [6.07, 6.45) is 0. The van der Waals surface area contributed by atoms with Gasteiger partial charge in [0.1, 0.15) is 24.0 Å². The van der Waals surface area contributed by atoms with Crippen LogP contribution in [0.25, 0.3) is 0 Å². The number of carbonyl (C=O) groups is 1. The molecule has 0 aliphatic heterocycles. The van der Waals surface area contributed by atoms with Crippen molar-refractivity contribution in [3.05, 3.63) is 64.7 Å². The number of amides is 1. The third-order valence-electron chi connectivity index (χ3n) is 3.01. The maximum atomic E-state index is 13.6. The van der Waals surface area contributed by atoms with Crippen LogP contribution in [0, 0.1) is 11.6 Å². The smallest absolute Gasteiger partial charge is 0.230 e. The van der Waals surface area contributed by atoms with Crippen molar-refractivity contribution in [1.82, 2.24) is 5.32 Å². The highest BCUT2D eigenvalue weighted by Gasteiger charge is 2.06. The fourth-order valence-corrected chi connectivity index (χ4v) is 2.84. The van der Waals surface area contributed by atoms with E-state index in [-0.39, 0.29) is 29.9 Å². The van der Waals surface area contributed by atoms with E-state index >= 15 is 0 Å². The van der Waals surface area contributed by atoms with Crippen LogP contribution in [0.4, 0.5) is 8.78 Å². The lowest BCUT2D eigenvalue weighted by Gasteiger charge is -2.08.